The molecule has 0 aliphatic rings. The molecular formula is C22H25N3O2. The van der Waals surface area contributed by atoms with Gasteiger partial charge in [-0.25, -0.2) is 4.68 Å². The van der Waals surface area contributed by atoms with Gasteiger partial charge in [0.2, 0.25) is 0 Å². The van der Waals surface area contributed by atoms with Crippen molar-refractivity contribution in [2.75, 3.05) is 0 Å². The molecule has 0 aliphatic heterocycles. The number of nitrogens with one attached hydrogen (secondary N) is 1. The first-order valence-corrected chi connectivity index (χ1v) is 9.16. The first-order valence-electron chi connectivity index (χ1n) is 9.16. The predicted molar refractivity (Wildman–Crippen MR) is 106 cm³/mol. The summed E-state index contributed by atoms with van der Waals surface area (Å²) in [5.41, 5.74) is 3.20. The summed E-state index contributed by atoms with van der Waals surface area (Å²) >= 11 is 0. The first-order chi connectivity index (χ1) is 13.0. The van der Waals surface area contributed by atoms with Crippen molar-refractivity contribution in [3.8, 4) is 11.4 Å². The lowest BCUT2D eigenvalue weighted by Gasteiger charge is -2.16. The normalized spacial score (nSPS) is 12.0. The van der Waals surface area contributed by atoms with Crippen LogP contribution in [0.4, 0.5) is 0 Å². The summed E-state index contributed by atoms with van der Waals surface area (Å²) in [4.78, 5) is 12.3. The van der Waals surface area contributed by atoms with Crippen LogP contribution in [0.2, 0.25) is 0 Å². The zero-order valence-corrected chi connectivity index (χ0v) is 15.9. The minimum Gasteiger partial charge on any atom is -0.481 e. The largest absolute Gasteiger partial charge is 0.481 e. The summed E-state index contributed by atoms with van der Waals surface area (Å²) in [6.07, 6.45) is 3.08. The molecule has 1 aromatic heterocycles. The smallest absolute Gasteiger partial charge is 0.261 e. The quantitative estimate of drug-likeness (QED) is 0.688. The van der Waals surface area contributed by atoms with Crippen LogP contribution < -0.4 is 10.1 Å². The molecule has 27 heavy (non-hydrogen) atoms. The lowest BCUT2D eigenvalue weighted by Crippen LogP contribution is -2.35. The van der Waals surface area contributed by atoms with Gasteiger partial charge in [0.25, 0.3) is 5.91 Å². The maximum Gasteiger partial charge on any atom is 0.261 e. The van der Waals surface area contributed by atoms with E-state index >= 15 is 0 Å². The molecule has 1 amide bonds. The highest BCUT2D eigenvalue weighted by Gasteiger charge is 2.14. The van der Waals surface area contributed by atoms with E-state index in [1.54, 1.807) is 17.8 Å². The average molecular weight is 363 g/mol. The molecule has 1 heterocycles. The Bertz CT molecular complexity index is 871. The summed E-state index contributed by atoms with van der Waals surface area (Å²) < 4.78 is 7.59. The third-order valence-electron chi connectivity index (χ3n) is 4.38. The van der Waals surface area contributed by atoms with Crippen LogP contribution in [0, 0.1) is 0 Å². The summed E-state index contributed by atoms with van der Waals surface area (Å²) in [7, 11) is 0. The molecule has 1 N–H and O–H groups in total. The second kappa shape index (κ2) is 8.54. The standard InChI is InChI=1S/C22H25N3O2/c1-16(2)19-6-4-7-21(14-19)27-17(3)22(26)23-15-18-8-10-20(11-9-18)25-13-5-12-24-25/h4-14,16-17H,15H2,1-3H3,(H,23,26). The van der Waals surface area contributed by atoms with E-state index in [9.17, 15) is 4.79 Å². The Kier molecular flexibility index (Phi) is 5.91. The molecule has 3 aromatic rings. The molecule has 0 spiro atoms. The van der Waals surface area contributed by atoms with Crippen molar-refractivity contribution in [3.05, 3.63) is 78.1 Å². The van der Waals surface area contributed by atoms with Crippen LogP contribution in [-0.4, -0.2) is 21.8 Å². The molecule has 0 fully saturated rings. The van der Waals surface area contributed by atoms with Gasteiger partial charge in [0.05, 0.1) is 5.69 Å². The van der Waals surface area contributed by atoms with Crippen LogP contribution in [0.1, 0.15) is 37.8 Å². The topological polar surface area (TPSA) is 56.1 Å². The van der Waals surface area contributed by atoms with Crippen molar-refractivity contribution in [3.63, 3.8) is 0 Å². The van der Waals surface area contributed by atoms with Crippen molar-refractivity contribution in [2.45, 2.75) is 39.3 Å². The lowest BCUT2D eigenvalue weighted by atomic mass is 10.0. The highest BCUT2D eigenvalue weighted by atomic mass is 16.5. The van der Waals surface area contributed by atoms with Gasteiger partial charge in [-0.3, -0.25) is 4.79 Å². The fourth-order valence-electron chi connectivity index (χ4n) is 2.73. The van der Waals surface area contributed by atoms with Crippen LogP contribution in [0.15, 0.2) is 67.0 Å². The van der Waals surface area contributed by atoms with E-state index < -0.39 is 6.10 Å². The molecule has 1 unspecified atom stereocenters. The Labute approximate surface area is 160 Å². The highest BCUT2D eigenvalue weighted by Crippen LogP contribution is 2.21. The molecule has 5 nitrogen and oxygen atoms in total. The summed E-state index contributed by atoms with van der Waals surface area (Å²) in [5, 5.41) is 7.12. The molecule has 0 bridgehead atoms. The molecule has 140 valence electrons. The number of nitrogens with zero attached hydrogens (tertiary/aromatic N) is 2. The van der Waals surface area contributed by atoms with Crippen molar-refractivity contribution < 1.29 is 9.53 Å². The maximum absolute atomic E-state index is 12.3. The van der Waals surface area contributed by atoms with E-state index in [1.165, 1.54) is 5.56 Å². The zero-order valence-electron chi connectivity index (χ0n) is 15.9. The number of carbonyl (C=O) groups is 1. The van der Waals surface area contributed by atoms with Gasteiger partial charge in [0.1, 0.15) is 5.75 Å². The Morgan fingerprint density at radius 2 is 1.89 bits per heavy atom. The number of benzene rings is 2. The molecule has 5 heteroatoms. The van der Waals surface area contributed by atoms with Crippen molar-refractivity contribution >= 4 is 5.91 Å². The minimum absolute atomic E-state index is 0.138. The van der Waals surface area contributed by atoms with Gasteiger partial charge in [0, 0.05) is 18.9 Å². The van der Waals surface area contributed by atoms with Crippen molar-refractivity contribution in [2.24, 2.45) is 0 Å². The van der Waals surface area contributed by atoms with Crippen LogP contribution in [0.25, 0.3) is 5.69 Å². The maximum atomic E-state index is 12.3. The molecule has 2 aromatic carbocycles. The molecule has 0 saturated heterocycles. The number of hydrogen-bond acceptors (Lipinski definition) is 3. The Morgan fingerprint density at radius 1 is 1.11 bits per heavy atom. The number of ether oxygens (including phenoxy) is 1. The molecule has 0 aliphatic carbocycles. The predicted octanol–water partition coefficient (Wildman–Crippen LogP) is 4.08. The summed E-state index contributed by atoms with van der Waals surface area (Å²) in [6.45, 7) is 6.48. The van der Waals surface area contributed by atoms with E-state index in [-0.39, 0.29) is 5.91 Å². The van der Waals surface area contributed by atoms with Crippen LogP contribution in [0.5, 0.6) is 5.75 Å². The monoisotopic (exact) mass is 363 g/mol. The summed E-state index contributed by atoms with van der Waals surface area (Å²) in [5.74, 6) is 0.996. The number of carbonyl (C=O) groups excluding carboxylic acids is 1. The fraction of sp³-hybridized carbons (Fsp3) is 0.273. The van der Waals surface area contributed by atoms with E-state index in [0.29, 0.717) is 18.2 Å². The van der Waals surface area contributed by atoms with Crippen LogP contribution >= 0.6 is 0 Å². The van der Waals surface area contributed by atoms with Gasteiger partial charge in [-0.2, -0.15) is 5.10 Å². The molecule has 1 atom stereocenters. The third-order valence-corrected chi connectivity index (χ3v) is 4.38. The fourth-order valence-corrected chi connectivity index (χ4v) is 2.73. The van der Waals surface area contributed by atoms with Gasteiger partial charge < -0.3 is 10.1 Å². The highest BCUT2D eigenvalue weighted by molar-refractivity contribution is 5.80. The molecular weight excluding hydrogens is 338 g/mol. The van der Waals surface area contributed by atoms with Gasteiger partial charge in [-0.05, 0) is 54.3 Å². The van der Waals surface area contributed by atoms with Gasteiger partial charge in [-0.15, -0.1) is 0 Å². The van der Waals surface area contributed by atoms with Gasteiger partial charge >= 0.3 is 0 Å². The third kappa shape index (κ3) is 4.97. The van der Waals surface area contributed by atoms with E-state index in [4.69, 9.17) is 4.74 Å². The van der Waals surface area contributed by atoms with E-state index in [1.807, 2.05) is 54.7 Å². The average Bonchev–Trinajstić information content (AvgIpc) is 3.21. The molecule has 0 saturated carbocycles. The number of rotatable bonds is 7. The lowest BCUT2D eigenvalue weighted by molar-refractivity contribution is -0.127. The number of amides is 1. The first kappa shape index (κ1) is 18.7. The summed E-state index contributed by atoms with van der Waals surface area (Å²) in [6, 6.07) is 17.7. The number of hydrogen-bond donors (Lipinski definition) is 1. The minimum atomic E-state index is -0.559. The molecule has 3 rings (SSSR count). The van der Waals surface area contributed by atoms with Crippen LogP contribution in [0.3, 0.4) is 0 Å². The second-order valence-corrected chi connectivity index (χ2v) is 6.82. The zero-order chi connectivity index (χ0) is 19.2. The molecule has 0 radical (unpaired) electrons. The second-order valence-electron chi connectivity index (χ2n) is 6.82. The van der Waals surface area contributed by atoms with Crippen molar-refractivity contribution in [1.82, 2.24) is 15.1 Å². The Hall–Kier alpha value is -3.08. The Balaban J connectivity index is 1.53. The van der Waals surface area contributed by atoms with E-state index in [0.717, 1.165) is 11.3 Å². The number of aromatic nitrogens is 2. The van der Waals surface area contributed by atoms with E-state index in [2.05, 4.69) is 30.3 Å². The SMILES string of the molecule is CC(Oc1cccc(C(C)C)c1)C(=O)NCc1ccc(-n2cccn2)cc1. The Morgan fingerprint density at radius 3 is 2.56 bits per heavy atom. The van der Waals surface area contributed by atoms with Gasteiger partial charge in [-0.1, -0.05) is 38.1 Å². The van der Waals surface area contributed by atoms with Crippen molar-refractivity contribution in [1.29, 1.82) is 0 Å². The van der Waals surface area contributed by atoms with Crippen LogP contribution in [-0.2, 0) is 11.3 Å². The van der Waals surface area contributed by atoms with Gasteiger partial charge in [0.15, 0.2) is 6.10 Å².